The van der Waals surface area contributed by atoms with Crippen LogP contribution in [0.5, 0.6) is 0 Å². The molecule has 0 radical (unpaired) electrons. The van der Waals surface area contributed by atoms with Gasteiger partial charge in [0.1, 0.15) is 0 Å². The van der Waals surface area contributed by atoms with E-state index in [9.17, 15) is 9.59 Å². The number of hydrogen-bond donors (Lipinski definition) is 1. The summed E-state index contributed by atoms with van der Waals surface area (Å²) in [6.07, 6.45) is 4.21. The van der Waals surface area contributed by atoms with Crippen molar-refractivity contribution in [1.29, 1.82) is 0 Å². The first-order valence-electron chi connectivity index (χ1n) is 5.60. The fourth-order valence-corrected chi connectivity index (χ4v) is 1.43. The number of pyridine rings is 1. The molecule has 0 fully saturated rings. The maximum atomic E-state index is 11.4. The highest BCUT2D eigenvalue weighted by Gasteiger charge is 2.09. The van der Waals surface area contributed by atoms with Gasteiger partial charge < -0.3 is 10.5 Å². The summed E-state index contributed by atoms with van der Waals surface area (Å²) in [7, 11) is 0. The zero-order chi connectivity index (χ0) is 13.8. The number of hydrogen-bond acceptors (Lipinski definition) is 5. The van der Waals surface area contributed by atoms with Crippen molar-refractivity contribution in [1.82, 2.24) is 14.8 Å². The number of esters is 1. The lowest BCUT2D eigenvalue weighted by atomic mass is 10.3. The van der Waals surface area contributed by atoms with E-state index in [4.69, 9.17) is 10.5 Å². The molecule has 2 heterocycles. The molecular weight excluding hydrogens is 248 g/mol. The number of ether oxygens (including phenoxy) is 1. The Morgan fingerprint density at radius 3 is 2.63 bits per heavy atom. The summed E-state index contributed by atoms with van der Waals surface area (Å²) in [6, 6.07) is 3.18. The molecule has 0 aromatic carbocycles. The second kappa shape index (κ2) is 5.30. The first-order chi connectivity index (χ1) is 9.11. The van der Waals surface area contributed by atoms with Gasteiger partial charge in [-0.25, -0.2) is 14.5 Å². The van der Waals surface area contributed by atoms with Crippen molar-refractivity contribution >= 4 is 11.9 Å². The van der Waals surface area contributed by atoms with E-state index >= 15 is 0 Å². The van der Waals surface area contributed by atoms with Gasteiger partial charge in [-0.2, -0.15) is 5.10 Å². The molecule has 0 bridgehead atoms. The van der Waals surface area contributed by atoms with E-state index in [2.05, 4.69) is 10.1 Å². The highest BCUT2D eigenvalue weighted by molar-refractivity contribution is 5.92. The van der Waals surface area contributed by atoms with E-state index in [1.807, 2.05) is 0 Å². The molecule has 2 N–H and O–H groups in total. The minimum Gasteiger partial charge on any atom is -0.462 e. The fourth-order valence-electron chi connectivity index (χ4n) is 1.43. The second-order valence-electron chi connectivity index (χ2n) is 3.66. The molecule has 2 aromatic heterocycles. The van der Waals surface area contributed by atoms with Crippen molar-refractivity contribution in [3.63, 3.8) is 0 Å². The average Bonchev–Trinajstić information content (AvgIpc) is 2.89. The van der Waals surface area contributed by atoms with Gasteiger partial charge in [-0.05, 0) is 19.1 Å². The highest BCUT2D eigenvalue weighted by Crippen LogP contribution is 2.07. The van der Waals surface area contributed by atoms with E-state index in [1.165, 1.54) is 23.3 Å². The van der Waals surface area contributed by atoms with Gasteiger partial charge in [-0.15, -0.1) is 0 Å². The van der Waals surface area contributed by atoms with Gasteiger partial charge in [0.25, 0.3) is 5.91 Å². The average molecular weight is 260 g/mol. The summed E-state index contributed by atoms with van der Waals surface area (Å²) in [5.41, 5.74) is 5.77. The highest BCUT2D eigenvalue weighted by atomic mass is 16.5. The van der Waals surface area contributed by atoms with Gasteiger partial charge in [0.2, 0.25) is 0 Å². The smallest absolute Gasteiger partial charge is 0.339 e. The van der Waals surface area contributed by atoms with Gasteiger partial charge in [0.05, 0.1) is 23.9 Å². The van der Waals surface area contributed by atoms with E-state index < -0.39 is 11.9 Å². The molecule has 7 heteroatoms. The molecule has 0 spiro atoms. The molecule has 0 aliphatic rings. The number of carbonyl (C=O) groups excluding carboxylic acids is 2. The Hall–Kier alpha value is -2.70. The van der Waals surface area contributed by atoms with Crippen LogP contribution in [0.15, 0.2) is 30.7 Å². The number of amides is 1. The standard InChI is InChI=1S/C12H12N4O3/c1-2-19-12(18)8-3-4-10(14-5-8)16-7-9(6-15-16)11(13)17/h3-7H,2H2,1H3,(H2,13,17). The predicted molar refractivity (Wildman–Crippen MR) is 65.8 cm³/mol. The predicted octanol–water partition coefficient (Wildman–Crippen LogP) is 0.543. The molecule has 19 heavy (non-hydrogen) atoms. The van der Waals surface area contributed by atoms with Gasteiger partial charge in [-0.3, -0.25) is 4.79 Å². The van der Waals surface area contributed by atoms with Crippen molar-refractivity contribution in [2.45, 2.75) is 6.92 Å². The van der Waals surface area contributed by atoms with Crippen LogP contribution in [0.3, 0.4) is 0 Å². The number of rotatable bonds is 4. The molecule has 0 saturated heterocycles. The summed E-state index contributed by atoms with van der Waals surface area (Å²) in [6.45, 7) is 2.04. The topological polar surface area (TPSA) is 100 Å². The van der Waals surface area contributed by atoms with Crippen LogP contribution < -0.4 is 5.73 Å². The van der Waals surface area contributed by atoms with Crippen LogP contribution in [0.2, 0.25) is 0 Å². The van der Waals surface area contributed by atoms with Gasteiger partial charge in [0, 0.05) is 12.4 Å². The lowest BCUT2D eigenvalue weighted by Crippen LogP contribution is -2.09. The van der Waals surface area contributed by atoms with Gasteiger partial charge in [0.15, 0.2) is 5.82 Å². The number of carbonyl (C=O) groups is 2. The van der Waals surface area contributed by atoms with Crippen LogP contribution in [0, 0.1) is 0 Å². The molecule has 2 aromatic rings. The van der Waals surface area contributed by atoms with E-state index in [1.54, 1.807) is 19.1 Å². The van der Waals surface area contributed by atoms with Crippen molar-refractivity contribution in [3.8, 4) is 5.82 Å². The SMILES string of the molecule is CCOC(=O)c1ccc(-n2cc(C(N)=O)cn2)nc1. The Kier molecular flexibility index (Phi) is 3.56. The molecule has 1 amide bonds. The number of primary amides is 1. The van der Waals surface area contributed by atoms with E-state index in [0.29, 0.717) is 18.0 Å². The largest absolute Gasteiger partial charge is 0.462 e. The number of nitrogens with two attached hydrogens (primary N) is 1. The van der Waals surface area contributed by atoms with Crippen LogP contribution in [0.25, 0.3) is 5.82 Å². The van der Waals surface area contributed by atoms with Crippen LogP contribution in [0.4, 0.5) is 0 Å². The lowest BCUT2D eigenvalue weighted by molar-refractivity contribution is 0.0525. The van der Waals surface area contributed by atoms with E-state index in [-0.39, 0.29) is 5.56 Å². The zero-order valence-corrected chi connectivity index (χ0v) is 10.2. The minimum absolute atomic E-state index is 0.288. The van der Waals surface area contributed by atoms with Crippen LogP contribution in [0.1, 0.15) is 27.6 Å². The van der Waals surface area contributed by atoms with E-state index in [0.717, 1.165) is 0 Å². The molecule has 0 unspecified atom stereocenters. The summed E-state index contributed by atoms with van der Waals surface area (Å²) in [5, 5.41) is 3.96. The fraction of sp³-hybridized carbons (Fsp3) is 0.167. The monoisotopic (exact) mass is 260 g/mol. The Bertz CT molecular complexity index is 604. The Balaban J connectivity index is 2.22. The Labute approximate surface area is 109 Å². The molecule has 7 nitrogen and oxygen atoms in total. The normalized spacial score (nSPS) is 10.2. The van der Waals surface area contributed by atoms with Gasteiger partial charge in [-0.1, -0.05) is 0 Å². The van der Waals surface area contributed by atoms with Gasteiger partial charge >= 0.3 is 5.97 Å². The van der Waals surface area contributed by atoms with Crippen molar-refractivity contribution in [2.75, 3.05) is 6.61 Å². The summed E-state index contributed by atoms with van der Waals surface area (Å²) in [4.78, 5) is 26.5. The number of aromatic nitrogens is 3. The molecule has 2 rings (SSSR count). The first-order valence-corrected chi connectivity index (χ1v) is 5.60. The summed E-state index contributed by atoms with van der Waals surface area (Å²) < 4.78 is 6.24. The molecule has 0 aliphatic carbocycles. The first kappa shape index (κ1) is 12.7. The summed E-state index contributed by atoms with van der Waals surface area (Å²) >= 11 is 0. The van der Waals surface area contributed by atoms with Crippen LogP contribution >= 0.6 is 0 Å². The second-order valence-corrected chi connectivity index (χ2v) is 3.66. The zero-order valence-electron chi connectivity index (χ0n) is 10.2. The van der Waals surface area contributed by atoms with Crippen LogP contribution in [-0.4, -0.2) is 33.2 Å². The summed E-state index contributed by atoms with van der Waals surface area (Å²) in [5.74, 6) is -0.519. The maximum absolute atomic E-state index is 11.4. The molecule has 98 valence electrons. The molecular formula is C12H12N4O3. The number of nitrogens with zero attached hydrogens (tertiary/aromatic N) is 3. The maximum Gasteiger partial charge on any atom is 0.339 e. The minimum atomic E-state index is -0.561. The Morgan fingerprint density at radius 1 is 1.32 bits per heavy atom. The lowest BCUT2D eigenvalue weighted by Gasteiger charge is -2.03. The quantitative estimate of drug-likeness (QED) is 0.809. The molecule has 0 atom stereocenters. The Morgan fingerprint density at radius 2 is 2.11 bits per heavy atom. The van der Waals surface area contributed by atoms with Crippen molar-refractivity contribution in [2.24, 2.45) is 5.73 Å². The van der Waals surface area contributed by atoms with Crippen molar-refractivity contribution < 1.29 is 14.3 Å². The third-order valence-corrected chi connectivity index (χ3v) is 2.36. The molecule has 0 saturated carbocycles. The third-order valence-electron chi connectivity index (χ3n) is 2.36. The van der Waals surface area contributed by atoms with Crippen LogP contribution in [-0.2, 0) is 4.74 Å². The third kappa shape index (κ3) is 2.76. The van der Waals surface area contributed by atoms with Crippen molar-refractivity contribution in [3.05, 3.63) is 41.9 Å². The molecule has 0 aliphatic heterocycles.